The second kappa shape index (κ2) is 47.2. The highest BCUT2D eigenvalue weighted by Crippen LogP contribution is 2.16. The summed E-state index contributed by atoms with van der Waals surface area (Å²) in [6, 6.07) is 0. The maximum atomic E-state index is 12.9. The van der Waals surface area contributed by atoms with Gasteiger partial charge in [0.05, 0.1) is 26.4 Å². The third-order valence-electron chi connectivity index (χ3n) is 10.7. The fourth-order valence-corrected chi connectivity index (χ4v) is 7.20. The van der Waals surface area contributed by atoms with E-state index in [0.717, 1.165) is 25.7 Å². The Balaban J connectivity index is 4.67. The van der Waals surface area contributed by atoms with E-state index in [4.69, 9.17) is 41.0 Å². The van der Waals surface area contributed by atoms with Gasteiger partial charge in [-0.2, -0.15) is 12.6 Å². The van der Waals surface area contributed by atoms with E-state index in [1.807, 2.05) is 0 Å². The largest absolute Gasteiger partial charge is 0.457 e. The average molecular weight is 845 g/mol. The summed E-state index contributed by atoms with van der Waals surface area (Å²) in [5.41, 5.74) is 0. The van der Waals surface area contributed by atoms with Crippen LogP contribution in [0.5, 0.6) is 0 Å². The SMILES string of the molecule is CCCCCCCCCOCC(COCCCCCCCCC)OC(=O)CCC(S)CCC(=O)OC(COCCCCCCCCC)COCCCCCCCCC. The molecule has 0 bridgehead atoms. The van der Waals surface area contributed by atoms with Crippen molar-refractivity contribution in [1.29, 1.82) is 0 Å². The monoisotopic (exact) mass is 845 g/mol. The number of rotatable bonds is 48. The molecule has 0 aliphatic carbocycles. The summed E-state index contributed by atoms with van der Waals surface area (Å²) in [5.74, 6) is -0.552. The van der Waals surface area contributed by atoms with E-state index in [9.17, 15) is 9.59 Å². The molecule has 0 saturated heterocycles. The van der Waals surface area contributed by atoms with Gasteiger partial charge >= 0.3 is 11.9 Å². The van der Waals surface area contributed by atoms with Gasteiger partial charge in [0.15, 0.2) is 0 Å². The van der Waals surface area contributed by atoms with Gasteiger partial charge in [-0.05, 0) is 38.5 Å². The number of carbonyl (C=O) groups excluding carboxylic acids is 2. The number of esters is 2. The highest BCUT2D eigenvalue weighted by molar-refractivity contribution is 7.80. The number of carbonyl (C=O) groups is 2. The molecule has 0 saturated carbocycles. The second-order valence-corrected chi connectivity index (χ2v) is 17.5. The average Bonchev–Trinajstić information content (AvgIpc) is 3.22. The first-order valence-electron chi connectivity index (χ1n) is 24.8. The minimum atomic E-state index is -0.423. The van der Waals surface area contributed by atoms with Crippen LogP contribution >= 0.6 is 12.6 Å². The van der Waals surface area contributed by atoms with Crippen molar-refractivity contribution < 1.29 is 38.0 Å². The summed E-state index contributed by atoms with van der Waals surface area (Å²) >= 11 is 4.71. The smallest absolute Gasteiger partial charge is 0.306 e. The van der Waals surface area contributed by atoms with Crippen LogP contribution in [-0.4, -0.2) is 82.3 Å². The Morgan fingerprint density at radius 3 is 0.828 bits per heavy atom. The van der Waals surface area contributed by atoms with Crippen LogP contribution in [0.4, 0.5) is 0 Å². The molecule has 8 nitrogen and oxygen atoms in total. The van der Waals surface area contributed by atoms with Crippen molar-refractivity contribution in [3.8, 4) is 0 Å². The van der Waals surface area contributed by atoms with Crippen LogP contribution in [0.3, 0.4) is 0 Å². The Morgan fingerprint density at radius 2 is 0.586 bits per heavy atom. The Kier molecular flexibility index (Phi) is 46.5. The van der Waals surface area contributed by atoms with Gasteiger partial charge in [0.2, 0.25) is 0 Å². The van der Waals surface area contributed by atoms with Crippen LogP contribution in [-0.2, 0) is 38.0 Å². The molecule has 9 heteroatoms. The molecule has 0 spiro atoms. The zero-order valence-corrected chi connectivity index (χ0v) is 39.6. The van der Waals surface area contributed by atoms with Crippen LogP contribution in [0.2, 0.25) is 0 Å². The summed E-state index contributed by atoms with van der Waals surface area (Å²) < 4.78 is 35.5. The molecule has 0 aliphatic rings. The van der Waals surface area contributed by atoms with Gasteiger partial charge in [0.1, 0.15) is 12.2 Å². The summed E-state index contributed by atoms with van der Waals surface area (Å²) in [7, 11) is 0. The van der Waals surface area contributed by atoms with Crippen molar-refractivity contribution in [2.45, 2.75) is 251 Å². The number of thiol groups is 1. The van der Waals surface area contributed by atoms with Crippen LogP contribution in [0.25, 0.3) is 0 Å². The Labute approximate surface area is 364 Å². The minimum absolute atomic E-state index is 0.124. The molecule has 0 radical (unpaired) electrons. The molecule has 0 heterocycles. The van der Waals surface area contributed by atoms with Crippen LogP contribution in [0.1, 0.15) is 233 Å². The maximum absolute atomic E-state index is 12.9. The molecule has 346 valence electrons. The maximum Gasteiger partial charge on any atom is 0.306 e. The van der Waals surface area contributed by atoms with Crippen molar-refractivity contribution in [2.24, 2.45) is 0 Å². The molecule has 0 N–H and O–H groups in total. The Morgan fingerprint density at radius 1 is 0.362 bits per heavy atom. The van der Waals surface area contributed by atoms with E-state index >= 15 is 0 Å². The van der Waals surface area contributed by atoms with Gasteiger partial charge < -0.3 is 28.4 Å². The van der Waals surface area contributed by atoms with Crippen molar-refractivity contribution in [3.05, 3.63) is 0 Å². The fraction of sp³-hybridized carbons (Fsp3) is 0.959. The summed E-state index contributed by atoms with van der Waals surface area (Å²) in [4.78, 5) is 25.9. The topological polar surface area (TPSA) is 89.5 Å². The first-order valence-corrected chi connectivity index (χ1v) is 25.4. The molecule has 0 aliphatic heterocycles. The summed E-state index contributed by atoms with van der Waals surface area (Å²) in [5, 5.41) is -0.124. The quantitative estimate of drug-likeness (QED) is 0.0368. The number of hydrogen-bond donors (Lipinski definition) is 1. The molecule has 0 aromatic rings. The van der Waals surface area contributed by atoms with Gasteiger partial charge in [-0.25, -0.2) is 0 Å². The normalized spacial score (nSPS) is 11.7. The number of unbranched alkanes of at least 4 members (excludes halogenated alkanes) is 24. The fourth-order valence-electron chi connectivity index (χ4n) is 6.94. The first-order chi connectivity index (χ1) is 28.5. The lowest BCUT2D eigenvalue weighted by atomic mass is 10.1. The molecule has 0 amide bonds. The third kappa shape index (κ3) is 43.2. The van der Waals surface area contributed by atoms with Crippen molar-refractivity contribution >= 4 is 24.6 Å². The zero-order valence-electron chi connectivity index (χ0n) is 38.7. The van der Waals surface area contributed by atoms with E-state index in [0.29, 0.717) is 65.7 Å². The predicted molar refractivity (Wildman–Crippen MR) is 246 cm³/mol. The van der Waals surface area contributed by atoms with E-state index in [-0.39, 0.29) is 30.0 Å². The Hall–Kier alpha value is -0.870. The van der Waals surface area contributed by atoms with Crippen molar-refractivity contribution in [1.82, 2.24) is 0 Å². The van der Waals surface area contributed by atoms with Gasteiger partial charge in [-0.1, -0.05) is 182 Å². The molecular weight excluding hydrogens is 749 g/mol. The lowest BCUT2D eigenvalue weighted by molar-refractivity contribution is -0.156. The van der Waals surface area contributed by atoms with Gasteiger partial charge in [0, 0.05) is 44.5 Å². The molecule has 0 atom stereocenters. The summed E-state index contributed by atoms with van der Waals surface area (Å²) in [6.07, 6.45) is 35.1. The van der Waals surface area contributed by atoms with Crippen LogP contribution in [0, 0.1) is 0 Å². The van der Waals surface area contributed by atoms with Crippen molar-refractivity contribution in [2.75, 3.05) is 52.9 Å². The Bertz CT molecular complexity index is 735. The number of ether oxygens (including phenoxy) is 6. The molecule has 0 fully saturated rings. The van der Waals surface area contributed by atoms with Crippen LogP contribution in [0.15, 0.2) is 0 Å². The molecule has 0 rings (SSSR count). The molecular formula is C49H96O8S. The van der Waals surface area contributed by atoms with E-state index < -0.39 is 12.2 Å². The lowest BCUT2D eigenvalue weighted by Gasteiger charge is -2.20. The highest BCUT2D eigenvalue weighted by atomic mass is 32.1. The van der Waals surface area contributed by atoms with E-state index in [1.165, 1.54) is 154 Å². The lowest BCUT2D eigenvalue weighted by Crippen LogP contribution is -2.29. The molecule has 0 aromatic carbocycles. The van der Waals surface area contributed by atoms with Gasteiger partial charge in [-0.15, -0.1) is 0 Å². The minimum Gasteiger partial charge on any atom is -0.457 e. The third-order valence-corrected chi connectivity index (χ3v) is 11.3. The van der Waals surface area contributed by atoms with E-state index in [2.05, 4.69) is 27.7 Å². The highest BCUT2D eigenvalue weighted by Gasteiger charge is 2.19. The first kappa shape index (κ1) is 57.1. The molecule has 58 heavy (non-hydrogen) atoms. The number of hydrogen-bond acceptors (Lipinski definition) is 9. The van der Waals surface area contributed by atoms with Crippen LogP contribution < -0.4 is 0 Å². The standard InChI is InChI=1S/C49H96O8S/c1-5-9-13-17-21-25-29-37-52-41-45(42-53-38-30-26-22-18-14-10-6-2)56-48(50)35-33-47(58)34-36-49(51)57-46(43-54-39-31-27-23-19-15-11-7-3)44-55-40-32-28-24-20-16-12-8-4/h45-47,58H,5-44H2,1-4H3. The van der Waals surface area contributed by atoms with Gasteiger partial charge in [-0.3, -0.25) is 9.59 Å². The molecule has 0 aromatic heterocycles. The predicted octanol–water partition coefficient (Wildman–Crippen LogP) is 13.7. The van der Waals surface area contributed by atoms with Gasteiger partial charge in [0.25, 0.3) is 0 Å². The zero-order chi connectivity index (χ0) is 42.4. The van der Waals surface area contributed by atoms with E-state index in [1.54, 1.807) is 0 Å². The molecule has 0 unspecified atom stereocenters. The second-order valence-electron chi connectivity index (χ2n) is 16.7. The van der Waals surface area contributed by atoms with Crippen molar-refractivity contribution in [3.63, 3.8) is 0 Å². The summed E-state index contributed by atoms with van der Waals surface area (Å²) in [6.45, 7) is 13.1.